The summed E-state index contributed by atoms with van der Waals surface area (Å²) in [6, 6.07) is 1.23. The fraction of sp³-hybridized carbons (Fsp3) is 1.00. The van der Waals surface area contributed by atoms with Crippen molar-refractivity contribution in [1.82, 2.24) is 5.32 Å². The Balaban J connectivity index is 1.90. The van der Waals surface area contributed by atoms with E-state index >= 15 is 0 Å². The molecule has 0 radical (unpaired) electrons. The molecular weight excluding hydrogens is 210 g/mol. The van der Waals surface area contributed by atoms with Crippen molar-refractivity contribution in [2.45, 2.75) is 90.0 Å². The minimum Gasteiger partial charge on any atom is -0.368 e. The summed E-state index contributed by atoms with van der Waals surface area (Å²) in [7, 11) is 0. The van der Waals surface area contributed by atoms with Gasteiger partial charge in [-0.15, -0.1) is 0 Å². The molecule has 1 aliphatic heterocycles. The lowest BCUT2D eigenvalue weighted by Gasteiger charge is -2.34. The Hall–Kier alpha value is -0.0800. The Morgan fingerprint density at radius 3 is 2.06 bits per heavy atom. The fourth-order valence-electron chi connectivity index (χ4n) is 3.53. The lowest BCUT2D eigenvalue weighted by Crippen LogP contribution is -2.48. The summed E-state index contributed by atoms with van der Waals surface area (Å²) in [5, 5.41) is 3.86. The summed E-state index contributed by atoms with van der Waals surface area (Å²) in [5.74, 6) is 0.928. The lowest BCUT2D eigenvalue weighted by molar-refractivity contribution is -0.0707. The third-order valence-electron chi connectivity index (χ3n) is 4.53. The topological polar surface area (TPSA) is 21.3 Å². The first-order valence-corrected chi connectivity index (χ1v) is 7.25. The molecule has 0 aromatic carbocycles. The molecule has 2 fully saturated rings. The van der Waals surface area contributed by atoms with E-state index in [0.717, 1.165) is 12.3 Å². The van der Waals surface area contributed by atoms with Gasteiger partial charge in [0.2, 0.25) is 0 Å². The van der Waals surface area contributed by atoms with Crippen LogP contribution in [-0.4, -0.2) is 23.3 Å². The van der Waals surface area contributed by atoms with Crippen molar-refractivity contribution in [3.63, 3.8) is 0 Å². The van der Waals surface area contributed by atoms with Gasteiger partial charge in [-0.25, -0.2) is 0 Å². The number of ether oxygens (including phenoxy) is 1. The van der Waals surface area contributed by atoms with E-state index in [1.54, 1.807) is 0 Å². The molecule has 1 N–H and O–H groups in total. The number of hydrogen-bond donors (Lipinski definition) is 1. The van der Waals surface area contributed by atoms with Crippen LogP contribution in [0, 0.1) is 5.92 Å². The Bertz CT molecular complexity index is 264. The molecule has 1 saturated heterocycles. The lowest BCUT2D eigenvalue weighted by atomic mass is 9.85. The second-order valence-corrected chi connectivity index (χ2v) is 7.35. The van der Waals surface area contributed by atoms with E-state index < -0.39 is 0 Å². The quantitative estimate of drug-likeness (QED) is 0.796. The third-order valence-corrected chi connectivity index (χ3v) is 4.53. The van der Waals surface area contributed by atoms with E-state index in [2.05, 4.69) is 39.9 Å². The first-order chi connectivity index (χ1) is 7.78. The molecule has 2 aliphatic rings. The highest BCUT2D eigenvalue weighted by molar-refractivity contribution is 5.00. The molecule has 2 heteroatoms. The monoisotopic (exact) mass is 239 g/mol. The van der Waals surface area contributed by atoms with Gasteiger partial charge in [0.05, 0.1) is 11.2 Å². The van der Waals surface area contributed by atoms with Gasteiger partial charge in [-0.05, 0) is 65.7 Å². The van der Waals surface area contributed by atoms with Crippen LogP contribution >= 0.6 is 0 Å². The predicted molar refractivity (Wildman–Crippen MR) is 72.2 cm³/mol. The Morgan fingerprint density at radius 1 is 1.00 bits per heavy atom. The van der Waals surface area contributed by atoms with Crippen LogP contribution in [0.5, 0.6) is 0 Å². The van der Waals surface area contributed by atoms with Crippen molar-refractivity contribution in [2.75, 3.05) is 0 Å². The minimum atomic E-state index is -0.0213. The summed E-state index contributed by atoms with van der Waals surface area (Å²) >= 11 is 0. The van der Waals surface area contributed by atoms with Gasteiger partial charge in [0.1, 0.15) is 0 Å². The zero-order valence-electron chi connectivity index (χ0n) is 12.2. The van der Waals surface area contributed by atoms with Gasteiger partial charge in [-0.2, -0.15) is 0 Å². The third kappa shape index (κ3) is 3.23. The van der Waals surface area contributed by atoms with E-state index in [4.69, 9.17) is 4.74 Å². The highest BCUT2D eigenvalue weighted by Crippen LogP contribution is 2.38. The van der Waals surface area contributed by atoms with E-state index in [0.29, 0.717) is 12.1 Å². The number of hydrogen-bond acceptors (Lipinski definition) is 2. The molecule has 0 spiro atoms. The molecule has 1 saturated carbocycles. The van der Waals surface area contributed by atoms with Crippen molar-refractivity contribution in [3.8, 4) is 0 Å². The maximum absolute atomic E-state index is 6.15. The van der Waals surface area contributed by atoms with Crippen molar-refractivity contribution in [1.29, 1.82) is 0 Å². The maximum atomic E-state index is 6.15. The van der Waals surface area contributed by atoms with Gasteiger partial charge in [0.15, 0.2) is 0 Å². The van der Waals surface area contributed by atoms with Crippen LogP contribution in [0.2, 0.25) is 0 Å². The van der Waals surface area contributed by atoms with Crippen LogP contribution in [0.3, 0.4) is 0 Å². The molecule has 1 atom stereocenters. The van der Waals surface area contributed by atoms with E-state index in [1.807, 2.05) is 0 Å². The summed E-state index contributed by atoms with van der Waals surface area (Å²) in [5.41, 5.74) is 0.00961. The van der Waals surface area contributed by atoms with Gasteiger partial charge in [-0.3, -0.25) is 0 Å². The number of nitrogens with one attached hydrogen (secondary N) is 1. The summed E-state index contributed by atoms with van der Waals surface area (Å²) in [6.45, 7) is 11.2. The van der Waals surface area contributed by atoms with Crippen LogP contribution in [0.15, 0.2) is 0 Å². The van der Waals surface area contributed by atoms with Gasteiger partial charge in [0, 0.05) is 12.1 Å². The van der Waals surface area contributed by atoms with Crippen molar-refractivity contribution in [2.24, 2.45) is 5.92 Å². The average molecular weight is 239 g/mol. The summed E-state index contributed by atoms with van der Waals surface area (Å²) < 4.78 is 6.15. The first-order valence-electron chi connectivity index (χ1n) is 7.25. The highest BCUT2D eigenvalue weighted by Gasteiger charge is 2.46. The Kier molecular flexibility index (Phi) is 3.57. The molecule has 17 heavy (non-hydrogen) atoms. The van der Waals surface area contributed by atoms with Crippen LogP contribution in [0.4, 0.5) is 0 Å². The molecule has 2 rings (SSSR count). The van der Waals surface area contributed by atoms with Gasteiger partial charge in [-0.1, -0.05) is 6.92 Å². The van der Waals surface area contributed by atoms with E-state index in [1.165, 1.54) is 25.7 Å². The SMILES string of the molecule is CC1CCC(NC2CC(C)(C)OC2(C)C)CC1. The smallest absolute Gasteiger partial charge is 0.0787 e. The van der Waals surface area contributed by atoms with Gasteiger partial charge >= 0.3 is 0 Å². The molecule has 1 aliphatic carbocycles. The molecule has 100 valence electrons. The average Bonchev–Trinajstić information content (AvgIpc) is 2.38. The zero-order valence-corrected chi connectivity index (χ0v) is 12.2. The molecule has 0 aromatic rings. The minimum absolute atomic E-state index is 0.0213. The highest BCUT2D eigenvalue weighted by atomic mass is 16.5. The zero-order chi connectivity index (χ0) is 12.7. The van der Waals surface area contributed by atoms with Crippen LogP contribution in [-0.2, 0) is 4.74 Å². The maximum Gasteiger partial charge on any atom is 0.0787 e. The second kappa shape index (κ2) is 4.55. The molecule has 1 unspecified atom stereocenters. The van der Waals surface area contributed by atoms with Crippen molar-refractivity contribution in [3.05, 3.63) is 0 Å². The normalized spacial score (nSPS) is 40.4. The first kappa shape index (κ1) is 13.4. The van der Waals surface area contributed by atoms with Crippen LogP contribution < -0.4 is 5.32 Å². The fourth-order valence-corrected chi connectivity index (χ4v) is 3.53. The molecule has 0 amide bonds. The van der Waals surface area contributed by atoms with Crippen molar-refractivity contribution < 1.29 is 4.74 Å². The van der Waals surface area contributed by atoms with Crippen LogP contribution in [0.25, 0.3) is 0 Å². The molecule has 0 aromatic heterocycles. The van der Waals surface area contributed by atoms with Crippen molar-refractivity contribution >= 4 is 0 Å². The molecule has 2 nitrogen and oxygen atoms in total. The second-order valence-electron chi connectivity index (χ2n) is 7.35. The number of rotatable bonds is 2. The standard InChI is InChI=1S/C15H29NO/c1-11-6-8-12(9-7-11)16-13-10-14(2,3)17-15(13,4)5/h11-13,16H,6-10H2,1-5H3. The van der Waals surface area contributed by atoms with Gasteiger partial charge in [0.25, 0.3) is 0 Å². The molecular formula is C15H29NO. The Morgan fingerprint density at radius 2 is 1.59 bits per heavy atom. The molecule has 0 bridgehead atoms. The van der Waals surface area contributed by atoms with Gasteiger partial charge < -0.3 is 10.1 Å². The van der Waals surface area contributed by atoms with Crippen LogP contribution in [0.1, 0.15) is 66.7 Å². The van der Waals surface area contributed by atoms with E-state index in [9.17, 15) is 0 Å². The predicted octanol–water partition coefficient (Wildman–Crippen LogP) is 3.50. The summed E-state index contributed by atoms with van der Waals surface area (Å²) in [6.07, 6.45) is 6.58. The van der Waals surface area contributed by atoms with E-state index in [-0.39, 0.29) is 11.2 Å². The Labute approximate surface area is 107 Å². The summed E-state index contributed by atoms with van der Waals surface area (Å²) in [4.78, 5) is 0. The molecule has 1 heterocycles. The largest absolute Gasteiger partial charge is 0.368 e.